The molecule has 0 radical (unpaired) electrons. The molecule has 3 rings (SSSR count). The molecule has 1 aliphatic heterocycles. The molecule has 10 nitrogen and oxygen atoms in total. The number of hydrogen-bond donors (Lipinski definition) is 4. The van der Waals surface area contributed by atoms with E-state index in [0.29, 0.717) is 31.3 Å². The molecule has 1 saturated carbocycles. The quantitative estimate of drug-likeness (QED) is 0.204. The fourth-order valence-electron chi connectivity index (χ4n) is 6.62. The van der Waals surface area contributed by atoms with Gasteiger partial charge < -0.3 is 34.6 Å². The zero-order chi connectivity index (χ0) is 28.7. The lowest BCUT2D eigenvalue weighted by Crippen LogP contribution is -2.45. The molecule has 8 unspecified atom stereocenters. The van der Waals surface area contributed by atoms with Gasteiger partial charge in [-0.2, -0.15) is 0 Å². The van der Waals surface area contributed by atoms with Crippen LogP contribution in [0.15, 0.2) is 11.6 Å². The minimum absolute atomic E-state index is 0.0384. The van der Waals surface area contributed by atoms with E-state index in [0.717, 1.165) is 6.42 Å². The van der Waals surface area contributed by atoms with E-state index < -0.39 is 59.2 Å². The number of esters is 2. The number of carbonyl (C=O) groups excluding carboxylic acids is 2. The van der Waals surface area contributed by atoms with Gasteiger partial charge in [0.05, 0.1) is 36.8 Å². The van der Waals surface area contributed by atoms with Crippen molar-refractivity contribution in [2.75, 3.05) is 6.61 Å². The molecule has 216 valence electrons. The van der Waals surface area contributed by atoms with E-state index in [1.165, 1.54) is 13.8 Å². The van der Waals surface area contributed by atoms with E-state index >= 15 is 0 Å². The number of ether oxygens (including phenoxy) is 3. The van der Waals surface area contributed by atoms with Gasteiger partial charge in [0.1, 0.15) is 17.8 Å². The topological polar surface area (TPSA) is 163 Å². The highest BCUT2D eigenvalue weighted by atomic mass is 16.6. The lowest BCUT2D eigenvalue weighted by Gasteiger charge is -2.42. The van der Waals surface area contributed by atoms with Crippen molar-refractivity contribution in [3.8, 4) is 0 Å². The molecule has 10 heteroatoms. The van der Waals surface area contributed by atoms with Gasteiger partial charge >= 0.3 is 17.9 Å². The summed E-state index contributed by atoms with van der Waals surface area (Å²) < 4.78 is 17.1. The maximum absolute atomic E-state index is 12.4. The Labute approximate surface area is 224 Å². The van der Waals surface area contributed by atoms with Crippen LogP contribution >= 0.6 is 0 Å². The maximum Gasteiger partial charge on any atom is 0.309 e. The summed E-state index contributed by atoms with van der Waals surface area (Å²) in [5.74, 6) is -2.46. The SMILES string of the molecule is CC(=O)OC(C)(C)C1CCC2(C)C(O)C=C(COC(=O)CC(C)(O)CC(=O)O)CCC(O)C3(C)OC3CC12. The highest BCUT2D eigenvalue weighted by Crippen LogP contribution is 2.58. The highest BCUT2D eigenvalue weighted by molar-refractivity contribution is 5.74. The number of carboxylic acids is 1. The number of rotatable bonds is 8. The standard InChI is InChI=1S/C28H44O10/c1-16(29)37-25(2,3)18-9-10-27(5)19(18)12-22-28(6,38-22)20(30)8-7-17(11-21(27)31)15-36-24(34)14-26(4,35)13-23(32)33/h11,18-22,30-31,35H,7-10,12-15H2,1-6H3,(H,32,33). The third kappa shape index (κ3) is 6.76. The molecular weight excluding hydrogens is 496 g/mol. The Hall–Kier alpha value is -2.01. The van der Waals surface area contributed by atoms with Gasteiger partial charge in [-0.05, 0) is 71.3 Å². The highest BCUT2D eigenvalue weighted by Gasteiger charge is 2.62. The summed E-state index contributed by atoms with van der Waals surface area (Å²) in [4.78, 5) is 35.2. The average Bonchev–Trinajstić information content (AvgIpc) is 3.28. The summed E-state index contributed by atoms with van der Waals surface area (Å²) in [7, 11) is 0. The third-order valence-electron chi connectivity index (χ3n) is 9.02. The largest absolute Gasteiger partial charge is 0.481 e. The normalized spacial score (nSPS) is 37.0. The fourth-order valence-corrected chi connectivity index (χ4v) is 6.62. The summed E-state index contributed by atoms with van der Waals surface area (Å²) in [5, 5.41) is 41.6. The van der Waals surface area contributed by atoms with Gasteiger partial charge in [-0.15, -0.1) is 0 Å². The first-order valence-electron chi connectivity index (χ1n) is 13.4. The van der Waals surface area contributed by atoms with Crippen LogP contribution in [-0.4, -0.2) is 80.1 Å². The van der Waals surface area contributed by atoms with Gasteiger partial charge in [-0.25, -0.2) is 0 Å². The minimum Gasteiger partial charge on any atom is -0.481 e. The molecule has 38 heavy (non-hydrogen) atoms. The van der Waals surface area contributed by atoms with Crippen molar-refractivity contribution < 1.29 is 49.0 Å². The lowest BCUT2D eigenvalue weighted by molar-refractivity contribution is -0.162. The molecule has 2 fully saturated rings. The summed E-state index contributed by atoms with van der Waals surface area (Å²) in [6.07, 6.45) is 1.47. The predicted octanol–water partition coefficient (Wildman–Crippen LogP) is 2.51. The molecule has 0 bridgehead atoms. The maximum atomic E-state index is 12.4. The summed E-state index contributed by atoms with van der Waals surface area (Å²) in [5.41, 5.74) is -3.19. The van der Waals surface area contributed by atoms with Crippen LogP contribution in [0.1, 0.15) is 86.5 Å². The first-order chi connectivity index (χ1) is 17.4. The molecule has 0 aromatic rings. The second kappa shape index (κ2) is 10.9. The van der Waals surface area contributed by atoms with E-state index in [9.17, 15) is 29.7 Å². The Kier molecular flexibility index (Phi) is 8.73. The number of fused-ring (bicyclic) bond motifs is 2. The van der Waals surface area contributed by atoms with Gasteiger partial charge in [-0.1, -0.05) is 13.0 Å². The lowest BCUT2D eigenvalue weighted by atomic mass is 9.67. The van der Waals surface area contributed by atoms with Crippen molar-refractivity contribution in [2.24, 2.45) is 17.3 Å². The van der Waals surface area contributed by atoms with Crippen LogP contribution in [0, 0.1) is 17.3 Å². The minimum atomic E-state index is -1.75. The monoisotopic (exact) mass is 540 g/mol. The van der Waals surface area contributed by atoms with Gasteiger partial charge in [-0.3, -0.25) is 14.4 Å². The molecule has 0 amide bonds. The molecule has 3 aliphatic rings. The smallest absolute Gasteiger partial charge is 0.309 e. The number of aliphatic carboxylic acids is 1. The second-order valence-corrected chi connectivity index (χ2v) is 12.7. The Balaban J connectivity index is 1.84. The zero-order valence-electron chi connectivity index (χ0n) is 23.4. The number of carbonyl (C=O) groups is 3. The molecule has 0 spiro atoms. The van der Waals surface area contributed by atoms with E-state index in [1.54, 1.807) is 6.08 Å². The van der Waals surface area contributed by atoms with E-state index in [2.05, 4.69) is 0 Å². The average molecular weight is 541 g/mol. The van der Waals surface area contributed by atoms with Crippen LogP contribution in [0.3, 0.4) is 0 Å². The molecule has 0 aromatic carbocycles. The Bertz CT molecular complexity index is 955. The van der Waals surface area contributed by atoms with Crippen molar-refractivity contribution in [1.82, 2.24) is 0 Å². The molecule has 2 aliphatic carbocycles. The van der Waals surface area contributed by atoms with Gasteiger partial charge in [0.15, 0.2) is 0 Å². The summed E-state index contributed by atoms with van der Waals surface area (Å²) in [6, 6.07) is 0. The first kappa shape index (κ1) is 30.5. The van der Waals surface area contributed by atoms with E-state index in [-0.39, 0.29) is 30.5 Å². The fraction of sp³-hybridized carbons (Fsp3) is 0.821. The van der Waals surface area contributed by atoms with Crippen molar-refractivity contribution in [2.45, 2.75) is 122 Å². The van der Waals surface area contributed by atoms with Gasteiger partial charge in [0, 0.05) is 18.3 Å². The first-order valence-corrected chi connectivity index (χ1v) is 13.4. The van der Waals surface area contributed by atoms with Gasteiger partial charge in [0.2, 0.25) is 0 Å². The van der Waals surface area contributed by atoms with E-state index in [1.807, 2.05) is 27.7 Å². The van der Waals surface area contributed by atoms with Crippen LogP contribution in [0.4, 0.5) is 0 Å². The Morgan fingerprint density at radius 1 is 1.13 bits per heavy atom. The van der Waals surface area contributed by atoms with Crippen LogP contribution in [0.5, 0.6) is 0 Å². The number of aliphatic hydroxyl groups excluding tert-OH is 2. The third-order valence-corrected chi connectivity index (χ3v) is 9.02. The molecule has 0 aromatic heterocycles. The van der Waals surface area contributed by atoms with Crippen LogP contribution in [-0.2, 0) is 28.6 Å². The van der Waals surface area contributed by atoms with Crippen LogP contribution < -0.4 is 0 Å². The summed E-state index contributed by atoms with van der Waals surface area (Å²) >= 11 is 0. The predicted molar refractivity (Wildman–Crippen MR) is 136 cm³/mol. The molecule has 8 atom stereocenters. The molecular formula is C28H44O10. The molecule has 1 saturated heterocycles. The van der Waals surface area contributed by atoms with Crippen LogP contribution in [0.25, 0.3) is 0 Å². The van der Waals surface area contributed by atoms with Crippen molar-refractivity contribution in [1.29, 1.82) is 0 Å². The number of aliphatic hydroxyl groups is 3. The Morgan fingerprint density at radius 2 is 1.79 bits per heavy atom. The van der Waals surface area contributed by atoms with Crippen molar-refractivity contribution >= 4 is 17.9 Å². The number of epoxide rings is 1. The second-order valence-electron chi connectivity index (χ2n) is 12.7. The van der Waals surface area contributed by atoms with Crippen molar-refractivity contribution in [3.05, 3.63) is 11.6 Å². The van der Waals surface area contributed by atoms with E-state index in [4.69, 9.17) is 19.3 Å². The van der Waals surface area contributed by atoms with Crippen molar-refractivity contribution in [3.63, 3.8) is 0 Å². The van der Waals surface area contributed by atoms with Gasteiger partial charge in [0.25, 0.3) is 0 Å². The number of carboxylic acid groups (broad SMARTS) is 1. The Morgan fingerprint density at radius 3 is 2.39 bits per heavy atom. The summed E-state index contributed by atoms with van der Waals surface area (Å²) in [6.45, 7) is 10.2. The zero-order valence-corrected chi connectivity index (χ0v) is 23.4. The molecule has 4 N–H and O–H groups in total. The molecule has 1 heterocycles. The van der Waals surface area contributed by atoms with Crippen LogP contribution in [0.2, 0.25) is 0 Å². The number of hydrogen-bond acceptors (Lipinski definition) is 9.